The predicted molar refractivity (Wildman–Crippen MR) is 64.7 cm³/mol. The summed E-state index contributed by atoms with van der Waals surface area (Å²) in [5, 5.41) is 0. The highest BCUT2D eigenvalue weighted by atomic mass is 16.1. The highest BCUT2D eigenvalue weighted by molar-refractivity contribution is 5.78. The first-order valence-corrected chi connectivity index (χ1v) is 5.14. The van der Waals surface area contributed by atoms with Crippen molar-refractivity contribution in [3.8, 4) is 0 Å². The van der Waals surface area contributed by atoms with Gasteiger partial charge in [0.05, 0.1) is 0 Å². The van der Waals surface area contributed by atoms with Gasteiger partial charge in [-0.2, -0.15) is 0 Å². The molecule has 0 atom stereocenters. The molecule has 80 valence electrons. The van der Waals surface area contributed by atoms with Crippen molar-refractivity contribution in [3.63, 3.8) is 0 Å². The number of rotatable bonds is 5. The van der Waals surface area contributed by atoms with E-state index in [9.17, 15) is 4.79 Å². The normalized spacial score (nSPS) is 9.73. The molecule has 0 amide bonds. The second kappa shape index (κ2) is 5.35. The third kappa shape index (κ3) is 2.69. The Hall–Kier alpha value is -1.57. The van der Waals surface area contributed by atoms with Crippen LogP contribution in [0.5, 0.6) is 0 Å². The summed E-state index contributed by atoms with van der Waals surface area (Å²) in [6.45, 7) is 9.56. The topological polar surface area (TPSA) is 20.3 Å². The summed E-state index contributed by atoms with van der Waals surface area (Å²) in [6, 6.07) is 5.88. The van der Waals surface area contributed by atoms with Gasteiger partial charge in [-0.1, -0.05) is 6.08 Å². The first-order chi connectivity index (χ1) is 7.22. The summed E-state index contributed by atoms with van der Waals surface area (Å²) in [6.07, 6.45) is 2.77. The monoisotopic (exact) mass is 203 g/mol. The van der Waals surface area contributed by atoms with Gasteiger partial charge < -0.3 is 4.90 Å². The standard InChI is InChI=1S/C13H17NO/c1-4-8-14(5-2)13-7-6-12(10-15)11(3)9-13/h4,6-7,9-10H,1,5,8H2,2-3H3. The Kier molecular flexibility index (Phi) is 4.10. The number of likely N-dealkylation sites (N-methyl/N-ethyl adjacent to an activating group) is 1. The van der Waals surface area contributed by atoms with E-state index in [0.717, 1.165) is 36.2 Å². The maximum absolute atomic E-state index is 10.7. The quantitative estimate of drug-likeness (QED) is 0.541. The Bertz CT molecular complexity index is 358. The van der Waals surface area contributed by atoms with Crippen molar-refractivity contribution in [3.05, 3.63) is 42.0 Å². The van der Waals surface area contributed by atoms with E-state index in [0.29, 0.717) is 0 Å². The number of carbonyl (C=O) groups is 1. The molecule has 0 spiro atoms. The fraction of sp³-hybridized carbons (Fsp3) is 0.308. The molecule has 2 heteroatoms. The van der Waals surface area contributed by atoms with Crippen LogP contribution in [0.15, 0.2) is 30.9 Å². The van der Waals surface area contributed by atoms with Gasteiger partial charge in [-0.15, -0.1) is 6.58 Å². The van der Waals surface area contributed by atoms with Crippen LogP contribution in [0.1, 0.15) is 22.8 Å². The number of anilines is 1. The maximum Gasteiger partial charge on any atom is 0.150 e. The molecule has 0 aliphatic rings. The van der Waals surface area contributed by atoms with E-state index in [1.807, 2.05) is 31.2 Å². The van der Waals surface area contributed by atoms with E-state index in [1.165, 1.54) is 0 Å². The molecule has 1 aromatic carbocycles. The van der Waals surface area contributed by atoms with Crippen LogP contribution in [0.25, 0.3) is 0 Å². The Balaban J connectivity index is 2.98. The van der Waals surface area contributed by atoms with Crippen LogP contribution in [0.2, 0.25) is 0 Å². The third-order valence-corrected chi connectivity index (χ3v) is 2.48. The molecule has 0 aliphatic heterocycles. The zero-order chi connectivity index (χ0) is 11.3. The van der Waals surface area contributed by atoms with Crippen LogP contribution < -0.4 is 4.90 Å². The molecule has 0 saturated heterocycles. The molecule has 0 radical (unpaired) electrons. The van der Waals surface area contributed by atoms with E-state index in [4.69, 9.17) is 0 Å². The zero-order valence-corrected chi connectivity index (χ0v) is 9.36. The van der Waals surface area contributed by atoms with Gasteiger partial charge in [0, 0.05) is 24.3 Å². The van der Waals surface area contributed by atoms with Crippen molar-refractivity contribution < 1.29 is 4.79 Å². The molecule has 2 nitrogen and oxygen atoms in total. The average molecular weight is 203 g/mol. The van der Waals surface area contributed by atoms with Crippen LogP contribution in [0.3, 0.4) is 0 Å². The van der Waals surface area contributed by atoms with Crippen LogP contribution in [-0.4, -0.2) is 19.4 Å². The number of nitrogens with zero attached hydrogens (tertiary/aromatic N) is 1. The lowest BCUT2D eigenvalue weighted by Gasteiger charge is -2.21. The molecule has 0 saturated carbocycles. The predicted octanol–water partition coefficient (Wildman–Crippen LogP) is 2.82. The van der Waals surface area contributed by atoms with Gasteiger partial charge in [-0.05, 0) is 37.6 Å². The van der Waals surface area contributed by atoms with Gasteiger partial charge in [0.1, 0.15) is 6.29 Å². The Morgan fingerprint density at radius 3 is 2.67 bits per heavy atom. The van der Waals surface area contributed by atoms with Crippen LogP contribution in [0, 0.1) is 6.92 Å². The summed E-state index contributed by atoms with van der Waals surface area (Å²) in [5.41, 5.74) is 2.92. The average Bonchev–Trinajstić information content (AvgIpc) is 2.25. The van der Waals surface area contributed by atoms with Crippen molar-refractivity contribution in [1.82, 2.24) is 0 Å². The molecular weight excluding hydrogens is 186 g/mol. The number of aldehydes is 1. The summed E-state index contributed by atoms with van der Waals surface area (Å²) >= 11 is 0. The minimum atomic E-state index is 0.758. The Morgan fingerprint density at radius 1 is 1.47 bits per heavy atom. The SMILES string of the molecule is C=CCN(CC)c1ccc(C=O)c(C)c1. The first-order valence-electron chi connectivity index (χ1n) is 5.14. The Morgan fingerprint density at radius 2 is 2.20 bits per heavy atom. The van der Waals surface area contributed by atoms with Gasteiger partial charge >= 0.3 is 0 Å². The molecule has 15 heavy (non-hydrogen) atoms. The lowest BCUT2D eigenvalue weighted by molar-refractivity contribution is 0.112. The number of carbonyl (C=O) groups excluding carboxylic acids is 1. The molecule has 1 rings (SSSR count). The highest BCUT2D eigenvalue weighted by Gasteiger charge is 2.04. The van der Waals surface area contributed by atoms with Gasteiger partial charge in [0.15, 0.2) is 0 Å². The van der Waals surface area contributed by atoms with Crippen molar-refractivity contribution in [2.45, 2.75) is 13.8 Å². The second-order valence-electron chi connectivity index (χ2n) is 3.49. The largest absolute Gasteiger partial charge is 0.368 e. The van der Waals surface area contributed by atoms with Crippen molar-refractivity contribution in [2.75, 3.05) is 18.0 Å². The summed E-state index contributed by atoms with van der Waals surface area (Å²) in [7, 11) is 0. The smallest absolute Gasteiger partial charge is 0.150 e. The first kappa shape index (κ1) is 11.5. The molecular formula is C13H17NO. The minimum absolute atomic E-state index is 0.758. The van der Waals surface area contributed by atoms with E-state index in [1.54, 1.807) is 0 Å². The highest BCUT2D eigenvalue weighted by Crippen LogP contribution is 2.18. The minimum Gasteiger partial charge on any atom is -0.368 e. The number of hydrogen-bond donors (Lipinski definition) is 0. The molecule has 1 aromatic rings. The van der Waals surface area contributed by atoms with E-state index in [-0.39, 0.29) is 0 Å². The Labute approximate surface area is 91.2 Å². The van der Waals surface area contributed by atoms with E-state index in [2.05, 4.69) is 18.4 Å². The van der Waals surface area contributed by atoms with Gasteiger partial charge in [-0.25, -0.2) is 0 Å². The van der Waals surface area contributed by atoms with Crippen LogP contribution in [-0.2, 0) is 0 Å². The number of hydrogen-bond acceptors (Lipinski definition) is 2. The lowest BCUT2D eigenvalue weighted by atomic mass is 10.1. The van der Waals surface area contributed by atoms with Crippen LogP contribution in [0.4, 0.5) is 5.69 Å². The lowest BCUT2D eigenvalue weighted by Crippen LogP contribution is -2.22. The molecule has 0 aromatic heterocycles. The molecule has 0 heterocycles. The maximum atomic E-state index is 10.7. The van der Waals surface area contributed by atoms with Crippen molar-refractivity contribution >= 4 is 12.0 Å². The molecule has 0 unspecified atom stereocenters. The summed E-state index contributed by atoms with van der Waals surface area (Å²) < 4.78 is 0. The zero-order valence-electron chi connectivity index (χ0n) is 9.36. The molecule has 0 N–H and O–H groups in total. The summed E-state index contributed by atoms with van der Waals surface area (Å²) in [4.78, 5) is 12.9. The van der Waals surface area contributed by atoms with Gasteiger partial charge in [0.2, 0.25) is 0 Å². The summed E-state index contributed by atoms with van der Waals surface area (Å²) in [5.74, 6) is 0. The number of benzene rings is 1. The van der Waals surface area contributed by atoms with Gasteiger partial charge in [0.25, 0.3) is 0 Å². The number of aryl methyl sites for hydroxylation is 1. The molecule has 0 aliphatic carbocycles. The fourth-order valence-electron chi connectivity index (χ4n) is 1.56. The molecule has 0 fully saturated rings. The second-order valence-corrected chi connectivity index (χ2v) is 3.49. The van der Waals surface area contributed by atoms with Crippen LogP contribution >= 0.6 is 0 Å². The van der Waals surface area contributed by atoms with Gasteiger partial charge in [-0.3, -0.25) is 4.79 Å². The molecule has 0 bridgehead atoms. The van der Waals surface area contributed by atoms with E-state index >= 15 is 0 Å². The fourth-order valence-corrected chi connectivity index (χ4v) is 1.56. The van der Waals surface area contributed by atoms with Crippen molar-refractivity contribution in [1.29, 1.82) is 0 Å². The van der Waals surface area contributed by atoms with Crippen molar-refractivity contribution in [2.24, 2.45) is 0 Å². The van der Waals surface area contributed by atoms with E-state index < -0.39 is 0 Å². The third-order valence-electron chi connectivity index (χ3n) is 2.48.